The van der Waals surface area contributed by atoms with Gasteiger partial charge in [-0.2, -0.15) is 0 Å². The van der Waals surface area contributed by atoms with Gasteiger partial charge in [-0.1, -0.05) is 39.6 Å². The normalized spacial score (nSPS) is 15.6. The first-order chi connectivity index (χ1) is 11.6. The lowest BCUT2D eigenvalue weighted by Gasteiger charge is -2.19. The minimum Gasteiger partial charge on any atom is -0.263 e. The molecule has 0 spiro atoms. The fourth-order valence-electron chi connectivity index (χ4n) is 2.27. The summed E-state index contributed by atoms with van der Waals surface area (Å²) in [6.07, 6.45) is 0. The largest absolute Gasteiger partial charge is 0.263 e. The Balaban J connectivity index is 2.79. The minimum atomic E-state index is -1.17. The van der Waals surface area contributed by atoms with Crippen LogP contribution in [0.4, 0.5) is 8.78 Å². The molecule has 2 N–H and O–H groups in total. The monoisotopic (exact) mass is 392 g/mol. The summed E-state index contributed by atoms with van der Waals surface area (Å²) in [6.45, 7) is 12.4. The van der Waals surface area contributed by atoms with E-state index in [-0.39, 0.29) is 17.1 Å². The van der Waals surface area contributed by atoms with Gasteiger partial charge in [0.2, 0.25) is 0 Å². The quantitative estimate of drug-likeness (QED) is 0.577. The number of rotatable bonds is 10. The van der Waals surface area contributed by atoms with Gasteiger partial charge in [-0.3, -0.25) is 4.72 Å². The summed E-state index contributed by atoms with van der Waals surface area (Å²) in [5.74, 6) is -1.20. The van der Waals surface area contributed by atoms with Crippen molar-refractivity contribution in [3.63, 3.8) is 0 Å². The first-order valence-electron chi connectivity index (χ1n) is 8.64. The van der Waals surface area contributed by atoms with Crippen molar-refractivity contribution in [3.8, 4) is 0 Å². The van der Waals surface area contributed by atoms with Crippen molar-refractivity contribution >= 4 is 22.9 Å². The van der Waals surface area contributed by atoms with E-state index in [4.69, 9.17) is 0 Å². The van der Waals surface area contributed by atoms with Gasteiger partial charge in [0, 0.05) is 23.6 Å². The van der Waals surface area contributed by atoms with Gasteiger partial charge in [0.25, 0.3) is 0 Å². The van der Waals surface area contributed by atoms with E-state index in [2.05, 4.69) is 23.3 Å². The lowest BCUT2D eigenvalue weighted by Crippen LogP contribution is -2.28. The molecule has 0 aliphatic rings. The Morgan fingerprint density at radius 1 is 0.960 bits per heavy atom. The van der Waals surface area contributed by atoms with Crippen LogP contribution >= 0.6 is 11.9 Å². The van der Waals surface area contributed by atoms with Gasteiger partial charge >= 0.3 is 0 Å². The minimum absolute atomic E-state index is 0.0202. The highest BCUT2D eigenvalue weighted by atomic mass is 32.2. The molecule has 1 aromatic carbocycles. The zero-order chi connectivity index (χ0) is 19.1. The Morgan fingerprint density at radius 3 is 1.88 bits per heavy atom. The topological polar surface area (TPSA) is 41.1 Å². The van der Waals surface area contributed by atoms with Crippen LogP contribution < -0.4 is 9.44 Å². The molecule has 3 atom stereocenters. The van der Waals surface area contributed by atoms with Crippen molar-refractivity contribution in [3.05, 3.63) is 34.9 Å². The number of halogens is 2. The maximum Gasteiger partial charge on any atom is 0.127 e. The summed E-state index contributed by atoms with van der Waals surface area (Å²) in [4.78, 5) is 0. The second kappa shape index (κ2) is 10.6. The standard InChI is InChI=1S/C18H30F2N2OS2/c1-11(2)24-21-9-13(5)15-7-18(20)16(8-17(15)19)14(6)10-22-25(23)12(3)4/h7-8,11-14,21-22H,9-10H2,1-6H3. The molecular weight excluding hydrogens is 362 g/mol. The van der Waals surface area contributed by atoms with E-state index < -0.39 is 22.6 Å². The Kier molecular flexibility index (Phi) is 9.56. The first kappa shape index (κ1) is 22.5. The van der Waals surface area contributed by atoms with E-state index in [1.807, 2.05) is 20.8 Å². The van der Waals surface area contributed by atoms with Gasteiger partial charge in [-0.05, 0) is 48.9 Å². The van der Waals surface area contributed by atoms with Crippen LogP contribution in [0.5, 0.6) is 0 Å². The molecule has 0 aromatic heterocycles. The van der Waals surface area contributed by atoms with Crippen molar-refractivity contribution in [1.82, 2.24) is 9.44 Å². The summed E-state index contributed by atoms with van der Waals surface area (Å²) >= 11 is 1.58. The van der Waals surface area contributed by atoms with Crippen molar-refractivity contribution in [2.45, 2.75) is 63.9 Å². The molecule has 1 aromatic rings. The summed E-state index contributed by atoms with van der Waals surface area (Å²) in [5, 5.41) is 0.411. The second-order valence-corrected chi connectivity index (χ2v) is 10.2. The summed E-state index contributed by atoms with van der Waals surface area (Å²) in [5.41, 5.74) is 0.690. The average molecular weight is 393 g/mol. The van der Waals surface area contributed by atoms with Crippen LogP contribution in [0.15, 0.2) is 12.1 Å². The molecule has 25 heavy (non-hydrogen) atoms. The fourth-order valence-corrected chi connectivity index (χ4v) is 3.69. The summed E-state index contributed by atoms with van der Waals surface area (Å²) in [7, 11) is -1.17. The highest BCUT2D eigenvalue weighted by Crippen LogP contribution is 2.26. The van der Waals surface area contributed by atoms with E-state index in [1.54, 1.807) is 18.9 Å². The number of benzene rings is 1. The third-order valence-corrected chi connectivity index (χ3v) is 5.96. The van der Waals surface area contributed by atoms with Crippen LogP contribution in [0, 0.1) is 11.6 Å². The fraction of sp³-hybridized carbons (Fsp3) is 0.667. The lowest BCUT2D eigenvalue weighted by atomic mass is 9.94. The van der Waals surface area contributed by atoms with E-state index in [0.29, 0.717) is 29.5 Å². The van der Waals surface area contributed by atoms with E-state index in [9.17, 15) is 13.0 Å². The Morgan fingerprint density at radius 2 is 1.44 bits per heavy atom. The zero-order valence-corrected chi connectivity index (χ0v) is 17.5. The summed E-state index contributed by atoms with van der Waals surface area (Å²) < 4.78 is 46.8. The van der Waals surface area contributed by atoms with Crippen molar-refractivity contribution in [1.29, 1.82) is 0 Å². The number of hydrogen-bond acceptors (Lipinski definition) is 3. The predicted octanol–water partition coefficient (Wildman–Crippen LogP) is 4.48. The van der Waals surface area contributed by atoms with Gasteiger partial charge in [0.05, 0.1) is 11.0 Å². The molecule has 0 saturated heterocycles. The molecule has 0 bridgehead atoms. The molecule has 0 saturated carbocycles. The van der Waals surface area contributed by atoms with E-state index in [1.165, 1.54) is 12.1 Å². The van der Waals surface area contributed by atoms with Gasteiger partial charge in [0.1, 0.15) is 11.6 Å². The number of hydrogen-bond donors (Lipinski definition) is 2. The predicted molar refractivity (Wildman–Crippen MR) is 105 cm³/mol. The van der Waals surface area contributed by atoms with Crippen molar-refractivity contribution in [2.75, 3.05) is 13.1 Å². The van der Waals surface area contributed by atoms with Gasteiger partial charge < -0.3 is 0 Å². The van der Waals surface area contributed by atoms with Crippen molar-refractivity contribution in [2.24, 2.45) is 0 Å². The van der Waals surface area contributed by atoms with Crippen molar-refractivity contribution < 1.29 is 13.0 Å². The first-order valence-corrected chi connectivity index (χ1v) is 10.7. The molecule has 0 amide bonds. The maximum absolute atomic E-state index is 14.5. The van der Waals surface area contributed by atoms with Crippen LogP contribution in [-0.4, -0.2) is 27.8 Å². The van der Waals surface area contributed by atoms with E-state index >= 15 is 0 Å². The van der Waals surface area contributed by atoms with Crippen LogP contribution in [-0.2, 0) is 11.0 Å². The van der Waals surface area contributed by atoms with Crippen LogP contribution in [0.2, 0.25) is 0 Å². The van der Waals surface area contributed by atoms with Crippen LogP contribution in [0.3, 0.4) is 0 Å². The third-order valence-electron chi connectivity index (χ3n) is 3.85. The maximum atomic E-state index is 14.5. The molecule has 0 aliphatic heterocycles. The molecule has 1 rings (SSSR count). The molecule has 3 nitrogen and oxygen atoms in total. The SMILES string of the molecule is CC(C)SNCC(C)c1cc(F)c(C(C)CNS(=O)C(C)C)cc1F. The van der Waals surface area contributed by atoms with Gasteiger partial charge in [-0.15, -0.1) is 0 Å². The van der Waals surface area contributed by atoms with E-state index in [0.717, 1.165) is 0 Å². The molecule has 0 heterocycles. The molecule has 0 radical (unpaired) electrons. The lowest BCUT2D eigenvalue weighted by molar-refractivity contribution is 0.543. The van der Waals surface area contributed by atoms with Gasteiger partial charge in [-0.25, -0.2) is 17.7 Å². The molecular formula is C18H30F2N2OS2. The second-order valence-electron chi connectivity index (χ2n) is 6.91. The molecule has 0 fully saturated rings. The Hall–Kier alpha value is -0.500. The average Bonchev–Trinajstić information content (AvgIpc) is 2.53. The highest BCUT2D eigenvalue weighted by Gasteiger charge is 2.19. The Bertz CT molecular complexity index is 582. The smallest absolute Gasteiger partial charge is 0.127 e. The zero-order valence-electron chi connectivity index (χ0n) is 15.9. The Labute approximate surface area is 157 Å². The summed E-state index contributed by atoms with van der Waals surface area (Å²) in [6, 6.07) is 2.58. The molecule has 0 aliphatic carbocycles. The van der Waals surface area contributed by atoms with Crippen LogP contribution in [0.1, 0.15) is 64.5 Å². The van der Waals surface area contributed by atoms with Gasteiger partial charge in [0.15, 0.2) is 0 Å². The molecule has 144 valence electrons. The highest BCUT2D eigenvalue weighted by molar-refractivity contribution is 7.97. The molecule has 3 unspecified atom stereocenters. The van der Waals surface area contributed by atoms with Crippen LogP contribution in [0.25, 0.3) is 0 Å². The third kappa shape index (κ3) is 7.33. The number of nitrogens with one attached hydrogen (secondary N) is 2. The molecule has 7 heteroatoms.